The SMILES string of the molecule is CCC(C)(C)c1ccc(OC[B-](F)(F)F)c(C(C)(C)CC)c1. The van der Waals surface area contributed by atoms with E-state index in [1.807, 2.05) is 32.9 Å². The Hall–Kier alpha value is -1.13. The quantitative estimate of drug-likeness (QED) is 0.575. The maximum atomic E-state index is 12.5. The van der Waals surface area contributed by atoms with Gasteiger partial charge in [-0.05, 0) is 40.9 Å². The normalized spacial score (nSPS) is 13.3. The monoisotopic (exact) mass is 315 g/mol. The van der Waals surface area contributed by atoms with E-state index in [2.05, 4.69) is 20.8 Å². The highest BCUT2D eigenvalue weighted by Crippen LogP contribution is 2.38. The number of rotatable bonds is 7. The average molecular weight is 315 g/mol. The fourth-order valence-electron chi connectivity index (χ4n) is 2.18. The van der Waals surface area contributed by atoms with Crippen molar-refractivity contribution in [3.8, 4) is 5.75 Å². The molecule has 0 fully saturated rings. The van der Waals surface area contributed by atoms with Crippen molar-refractivity contribution < 1.29 is 17.7 Å². The van der Waals surface area contributed by atoms with E-state index in [9.17, 15) is 12.9 Å². The van der Waals surface area contributed by atoms with E-state index in [0.717, 1.165) is 24.0 Å². The van der Waals surface area contributed by atoms with Crippen LogP contribution in [0.5, 0.6) is 5.75 Å². The minimum Gasteiger partial charge on any atom is -0.521 e. The van der Waals surface area contributed by atoms with Crippen LogP contribution in [0.4, 0.5) is 12.9 Å². The van der Waals surface area contributed by atoms with Crippen molar-refractivity contribution in [2.75, 3.05) is 6.51 Å². The van der Waals surface area contributed by atoms with Crippen LogP contribution in [0.2, 0.25) is 0 Å². The molecule has 126 valence electrons. The Morgan fingerprint density at radius 1 is 0.955 bits per heavy atom. The fourth-order valence-corrected chi connectivity index (χ4v) is 2.18. The van der Waals surface area contributed by atoms with Crippen LogP contribution in [0, 0.1) is 0 Å². The smallest absolute Gasteiger partial charge is 0.515 e. The van der Waals surface area contributed by atoms with Crippen LogP contribution in [-0.2, 0) is 10.8 Å². The molecule has 0 radical (unpaired) electrons. The van der Waals surface area contributed by atoms with Crippen LogP contribution < -0.4 is 4.74 Å². The molecule has 0 amide bonds. The first kappa shape index (κ1) is 18.9. The standard InChI is InChI=1S/C17H27BF3O/c1-7-16(3,4)13-9-10-15(22-12-18(19,20)21)14(11-13)17(5,6)8-2/h9-11H,7-8,12H2,1-6H3/q-1. The lowest BCUT2D eigenvalue weighted by Gasteiger charge is -2.31. The van der Waals surface area contributed by atoms with Gasteiger partial charge in [0.25, 0.3) is 0 Å². The van der Waals surface area contributed by atoms with Crippen LogP contribution in [0.15, 0.2) is 18.2 Å². The highest BCUT2D eigenvalue weighted by atomic mass is 19.4. The topological polar surface area (TPSA) is 9.23 Å². The molecule has 0 aromatic heterocycles. The third-order valence-electron chi connectivity index (χ3n) is 4.69. The Labute approximate surface area is 132 Å². The zero-order chi connectivity index (χ0) is 17.2. The van der Waals surface area contributed by atoms with Crippen molar-refractivity contribution in [1.82, 2.24) is 0 Å². The molecule has 1 rings (SSSR count). The molecule has 0 heterocycles. The predicted molar refractivity (Wildman–Crippen MR) is 87.6 cm³/mol. The lowest BCUT2D eigenvalue weighted by atomic mass is 9.76. The maximum absolute atomic E-state index is 12.5. The summed E-state index contributed by atoms with van der Waals surface area (Å²) in [5, 5.41) is 0. The van der Waals surface area contributed by atoms with Crippen LogP contribution >= 0.6 is 0 Å². The number of ether oxygens (including phenoxy) is 1. The van der Waals surface area contributed by atoms with Crippen molar-refractivity contribution in [2.45, 2.75) is 65.2 Å². The summed E-state index contributed by atoms with van der Waals surface area (Å²) in [7, 11) is 0. The number of hydrogen-bond donors (Lipinski definition) is 0. The molecule has 1 nitrogen and oxygen atoms in total. The minimum atomic E-state index is -4.95. The summed E-state index contributed by atoms with van der Waals surface area (Å²) in [5.74, 6) is 0.349. The number of benzene rings is 1. The Balaban J connectivity index is 3.28. The van der Waals surface area contributed by atoms with Gasteiger partial charge in [-0.2, -0.15) is 0 Å². The molecular formula is C17H27BF3O-. The van der Waals surface area contributed by atoms with Gasteiger partial charge in [0, 0.05) is 0 Å². The summed E-state index contributed by atoms with van der Waals surface area (Å²) in [6.45, 7) is 6.37. The third-order valence-corrected chi connectivity index (χ3v) is 4.69. The number of hydrogen-bond acceptors (Lipinski definition) is 1. The van der Waals surface area contributed by atoms with Gasteiger partial charge in [-0.3, -0.25) is 0 Å². The molecule has 0 spiro atoms. The van der Waals surface area contributed by atoms with Crippen molar-refractivity contribution in [2.24, 2.45) is 0 Å². The highest BCUT2D eigenvalue weighted by Gasteiger charge is 2.29. The Bertz CT molecular complexity index is 507. The van der Waals surface area contributed by atoms with Crippen molar-refractivity contribution in [3.63, 3.8) is 0 Å². The molecular weight excluding hydrogens is 288 g/mol. The molecule has 0 bridgehead atoms. The van der Waals surface area contributed by atoms with E-state index in [1.54, 1.807) is 6.07 Å². The molecule has 0 aliphatic rings. The molecule has 0 aliphatic heterocycles. The van der Waals surface area contributed by atoms with Crippen LogP contribution in [0.1, 0.15) is 65.5 Å². The molecule has 0 unspecified atom stereocenters. The Kier molecular flexibility index (Phi) is 5.64. The third kappa shape index (κ3) is 4.69. The van der Waals surface area contributed by atoms with E-state index >= 15 is 0 Å². The molecule has 0 saturated carbocycles. The molecule has 0 N–H and O–H groups in total. The largest absolute Gasteiger partial charge is 0.521 e. The van der Waals surface area contributed by atoms with Gasteiger partial charge in [-0.25, -0.2) is 0 Å². The molecule has 0 atom stereocenters. The Morgan fingerprint density at radius 3 is 1.95 bits per heavy atom. The van der Waals surface area contributed by atoms with E-state index < -0.39 is 13.5 Å². The second kappa shape index (κ2) is 6.55. The molecule has 0 aliphatic carbocycles. The summed E-state index contributed by atoms with van der Waals surface area (Å²) in [5.41, 5.74) is 1.75. The molecule has 1 aromatic rings. The van der Waals surface area contributed by atoms with Crippen LogP contribution in [0.3, 0.4) is 0 Å². The summed E-state index contributed by atoms with van der Waals surface area (Å²) >= 11 is 0. The molecule has 0 saturated heterocycles. The van der Waals surface area contributed by atoms with E-state index in [0.29, 0.717) is 5.75 Å². The zero-order valence-corrected chi connectivity index (χ0v) is 14.5. The van der Waals surface area contributed by atoms with Gasteiger partial charge in [0.1, 0.15) is 5.75 Å². The van der Waals surface area contributed by atoms with Crippen LogP contribution in [0.25, 0.3) is 0 Å². The first-order valence-electron chi connectivity index (χ1n) is 7.92. The summed E-state index contributed by atoms with van der Waals surface area (Å²) in [6, 6.07) is 5.60. The molecule has 22 heavy (non-hydrogen) atoms. The second-order valence-electron chi connectivity index (χ2n) is 7.21. The van der Waals surface area contributed by atoms with Gasteiger partial charge in [-0.1, -0.05) is 53.7 Å². The lowest BCUT2D eigenvalue weighted by molar-refractivity contribution is 0.304. The van der Waals surface area contributed by atoms with E-state index in [4.69, 9.17) is 4.74 Å². The average Bonchev–Trinajstić information content (AvgIpc) is 2.44. The summed E-state index contributed by atoms with van der Waals surface area (Å²) in [4.78, 5) is 0. The number of halogens is 3. The van der Waals surface area contributed by atoms with Gasteiger partial charge in [0.2, 0.25) is 0 Å². The molecule has 5 heteroatoms. The van der Waals surface area contributed by atoms with Gasteiger partial charge >= 0.3 is 6.98 Å². The first-order valence-corrected chi connectivity index (χ1v) is 7.92. The van der Waals surface area contributed by atoms with Gasteiger partial charge in [-0.15, -0.1) is 0 Å². The van der Waals surface area contributed by atoms with Crippen molar-refractivity contribution >= 4 is 6.98 Å². The summed E-state index contributed by atoms with van der Waals surface area (Å²) < 4.78 is 42.6. The first-order chi connectivity index (χ1) is 9.93. The minimum absolute atomic E-state index is 0.00886. The van der Waals surface area contributed by atoms with E-state index in [-0.39, 0.29) is 10.8 Å². The van der Waals surface area contributed by atoms with E-state index in [1.165, 1.54) is 0 Å². The second-order valence-corrected chi connectivity index (χ2v) is 7.21. The maximum Gasteiger partial charge on any atom is 0.515 e. The highest BCUT2D eigenvalue weighted by molar-refractivity contribution is 6.58. The molecule has 1 aromatic carbocycles. The van der Waals surface area contributed by atoms with Crippen molar-refractivity contribution in [1.29, 1.82) is 0 Å². The van der Waals surface area contributed by atoms with Crippen LogP contribution in [-0.4, -0.2) is 13.5 Å². The summed E-state index contributed by atoms with van der Waals surface area (Å²) in [6.07, 6.45) is 1.79. The van der Waals surface area contributed by atoms with Gasteiger partial charge < -0.3 is 17.7 Å². The van der Waals surface area contributed by atoms with Gasteiger partial charge in [0.15, 0.2) is 0 Å². The predicted octanol–water partition coefficient (Wildman–Crippen LogP) is 5.83. The Morgan fingerprint density at radius 2 is 1.50 bits per heavy atom. The zero-order valence-electron chi connectivity index (χ0n) is 14.5. The lowest BCUT2D eigenvalue weighted by Crippen LogP contribution is -2.28. The van der Waals surface area contributed by atoms with Crippen molar-refractivity contribution in [3.05, 3.63) is 29.3 Å². The van der Waals surface area contributed by atoms with Gasteiger partial charge in [0.05, 0.1) is 6.51 Å². The fraction of sp³-hybridized carbons (Fsp3) is 0.647.